The Morgan fingerprint density at radius 1 is 1.27 bits per heavy atom. The first-order chi connectivity index (χ1) is 6.95. The van der Waals surface area contributed by atoms with Gasteiger partial charge in [-0.15, -0.1) is 0 Å². The van der Waals surface area contributed by atoms with Crippen molar-refractivity contribution in [2.24, 2.45) is 5.92 Å². The van der Waals surface area contributed by atoms with Crippen molar-refractivity contribution in [2.45, 2.75) is 32.9 Å². The first-order valence-corrected chi connectivity index (χ1v) is 5.24. The molecule has 0 aliphatic heterocycles. The monoisotopic (exact) mass is 217 g/mol. The average molecular weight is 217 g/mol. The fraction of sp³-hybridized carbons (Fsp3) is 0.909. The smallest absolute Gasteiger partial charge is 0.309 e. The molecule has 90 valence electrons. The maximum absolute atomic E-state index is 11.4. The molecule has 0 bridgehead atoms. The van der Waals surface area contributed by atoms with Crippen LogP contribution in [-0.4, -0.2) is 50.8 Å². The SMILES string of the molecule is COCC(C)N(C)C(C)C(C)C(=O)OC. The van der Waals surface area contributed by atoms with Crippen molar-refractivity contribution in [1.82, 2.24) is 4.90 Å². The molecule has 0 radical (unpaired) electrons. The molecular weight excluding hydrogens is 194 g/mol. The van der Waals surface area contributed by atoms with Crippen molar-refractivity contribution in [3.05, 3.63) is 0 Å². The van der Waals surface area contributed by atoms with Crippen LogP contribution >= 0.6 is 0 Å². The Bertz CT molecular complexity index is 196. The number of carbonyl (C=O) groups excluding carboxylic acids is 1. The molecule has 4 nitrogen and oxygen atoms in total. The second-order valence-corrected chi connectivity index (χ2v) is 4.02. The molecule has 15 heavy (non-hydrogen) atoms. The first kappa shape index (κ1) is 14.4. The molecule has 3 unspecified atom stereocenters. The number of hydrogen-bond acceptors (Lipinski definition) is 4. The quantitative estimate of drug-likeness (QED) is 0.626. The summed E-state index contributed by atoms with van der Waals surface area (Å²) < 4.78 is 9.81. The molecular formula is C11H23NO3. The minimum atomic E-state index is -0.168. The van der Waals surface area contributed by atoms with E-state index in [-0.39, 0.29) is 24.0 Å². The molecule has 0 aromatic heterocycles. The number of likely N-dealkylation sites (N-methyl/N-ethyl adjacent to an activating group) is 1. The van der Waals surface area contributed by atoms with Crippen LogP contribution in [0.25, 0.3) is 0 Å². The van der Waals surface area contributed by atoms with Crippen LogP contribution in [0.5, 0.6) is 0 Å². The maximum atomic E-state index is 11.4. The van der Waals surface area contributed by atoms with Crippen LogP contribution in [0.3, 0.4) is 0 Å². The number of rotatable bonds is 6. The van der Waals surface area contributed by atoms with Gasteiger partial charge in [-0.05, 0) is 20.9 Å². The average Bonchev–Trinajstić information content (AvgIpc) is 2.25. The summed E-state index contributed by atoms with van der Waals surface area (Å²) in [6, 6.07) is 0.430. The lowest BCUT2D eigenvalue weighted by Gasteiger charge is -2.33. The summed E-state index contributed by atoms with van der Waals surface area (Å²) in [5.41, 5.74) is 0. The fourth-order valence-corrected chi connectivity index (χ4v) is 1.50. The minimum Gasteiger partial charge on any atom is -0.469 e. The lowest BCUT2D eigenvalue weighted by Crippen LogP contribution is -2.44. The summed E-state index contributed by atoms with van der Waals surface area (Å²) in [4.78, 5) is 13.5. The lowest BCUT2D eigenvalue weighted by molar-refractivity contribution is -0.147. The van der Waals surface area contributed by atoms with Gasteiger partial charge < -0.3 is 9.47 Å². The van der Waals surface area contributed by atoms with Crippen molar-refractivity contribution in [2.75, 3.05) is 27.9 Å². The van der Waals surface area contributed by atoms with Gasteiger partial charge in [-0.3, -0.25) is 9.69 Å². The Kier molecular flexibility index (Phi) is 6.52. The van der Waals surface area contributed by atoms with E-state index in [4.69, 9.17) is 9.47 Å². The Hall–Kier alpha value is -0.610. The number of methoxy groups -OCH3 is 2. The van der Waals surface area contributed by atoms with Crippen LogP contribution in [-0.2, 0) is 14.3 Å². The highest BCUT2D eigenvalue weighted by molar-refractivity contribution is 5.72. The van der Waals surface area contributed by atoms with E-state index in [9.17, 15) is 4.79 Å². The molecule has 0 N–H and O–H groups in total. The lowest BCUT2D eigenvalue weighted by atomic mass is 10.0. The van der Waals surface area contributed by atoms with Gasteiger partial charge in [0.2, 0.25) is 0 Å². The first-order valence-electron chi connectivity index (χ1n) is 5.24. The standard InChI is InChI=1S/C11H23NO3/c1-8(7-14-5)12(4)10(3)9(2)11(13)15-6/h8-10H,7H2,1-6H3. The van der Waals surface area contributed by atoms with Crippen LogP contribution in [0.2, 0.25) is 0 Å². The van der Waals surface area contributed by atoms with Crippen molar-refractivity contribution >= 4 is 5.97 Å². The van der Waals surface area contributed by atoms with Gasteiger partial charge in [-0.2, -0.15) is 0 Å². The molecule has 0 aromatic carbocycles. The predicted molar refractivity (Wildman–Crippen MR) is 59.7 cm³/mol. The van der Waals surface area contributed by atoms with Crippen LogP contribution < -0.4 is 0 Å². The molecule has 0 fully saturated rings. The number of carbonyl (C=O) groups is 1. The number of hydrogen-bond donors (Lipinski definition) is 0. The van der Waals surface area contributed by atoms with Crippen LogP contribution in [0, 0.1) is 5.92 Å². The third kappa shape index (κ3) is 4.18. The molecule has 0 aliphatic rings. The summed E-state index contributed by atoms with van der Waals surface area (Å²) in [5, 5.41) is 0. The molecule has 3 atom stereocenters. The summed E-state index contributed by atoms with van der Waals surface area (Å²) in [6.07, 6.45) is 0. The van der Waals surface area contributed by atoms with Crippen molar-refractivity contribution in [3.63, 3.8) is 0 Å². The summed E-state index contributed by atoms with van der Waals surface area (Å²) in [6.45, 7) is 6.64. The van der Waals surface area contributed by atoms with Crippen molar-refractivity contribution in [3.8, 4) is 0 Å². The van der Waals surface area contributed by atoms with E-state index in [1.165, 1.54) is 7.11 Å². The van der Waals surface area contributed by atoms with Gasteiger partial charge in [0.15, 0.2) is 0 Å². The number of nitrogens with zero attached hydrogens (tertiary/aromatic N) is 1. The van der Waals surface area contributed by atoms with E-state index in [0.717, 1.165) is 0 Å². The molecule has 0 amide bonds. The third-order valence-electron chi connectivity index (χ3n) is 3.04. The van der Waals surface area contributed by atoms with Gasteiger partial charge in [0.25, 0.3) is 0 Å². The maximum Gasteiger partial charge on any atom is 0.309 e. The van der Waals surface area contributed by atoms with Crippen LogP contribution in [0.4, 0.5) is 0 Å². The van der Waals surface area contributed by atoms with Gasteiger partial charge >= 0.3 is 5.97 Å². The fourth-order valence-electron chi connectivity index (χ4n) is 1.50. The number of esters is 1. The molecule has 0 aliphatic carbocycles. The van der Waals surface area contributed by atoms with Crippen LogP contribution in [0.15, 0.2) is 0 Å². The highest BCUT2D eigenvalue weighted by Gasteiger charge is 2.26. The molecule has 0 aromatic rings. The Morgan fingerprint density at radius 2 is 1.80 bits per heavy atom. The number of ether oxygens (including phenoxy) is 2. The Morgan fingerprint density at radius 3 is 2.20 bits per heavy atom. The van der Waals surface area contributed by atoms with Crippen LogP contribution in [0.1, 0.15) is 20.8 Å². The van der Waals surface area contributed by atoms with E-state index in [1.54, 1.807) is 7.11 Å². The summed E-state index contributed by atoms with van der Waals surface area (Å²) in [7, 11) is 5.09. The second kappa shape index (κ2) is 6.80. The normalized spacial score (nSPS) is 17.3. The Labute approximate surface area is 92.5 Å². The zero-order valence-electron chi connectivity index (χ0n) is 10.6. The summed E-state index contributed by atoms with van der Waals surface area (Å²) in [5.74, 6) is -0.293. The van der Waals surface area contributed by atoms with Crippen molar-refractivity contribution in [1.29, 1.82) is 0 Å². The van der Waals surface area contributed by atoms with Gasteiger partial charge in [-0.1, -0.05) is 6.92 Å². The molecule has 0 rings (SSSR count). The van der Waals surface area contributed by atoms with Gasteiger partial charge in [0.1, 0.15) is 0 Å². The predicted octanol–water partition coefficient (Wildman–Crippen LogP) is 1.15. The van der Waals surface area contributed by atoms with Gasteiger partial charge in [0.05, 0.1) is 19.6 Å². The molecule has 0 spiro atoms. The van der Waals surface area contributed by atoms with E-state index >= 15 is 0 Å². The zero-order valence-corrected chi connectivity index (χ0v) is 10.6. The van der Waals surface area contributed by atoms with E-state index < -0.39 is 0 Å². The molecule has 0 heterocycles. The second-order valence-electron chi connectivity index (χ2n) is 4.02. The molecule has 0 saturated heterocycles. The van der Waals surface area contributed by atoms with E-state index in [1.807, 2.05) is 20.9 Å². The largest absolute Gasteiger partial charge is 0.469 e. The summed E-state index contributed by atoms with van der Waals surface area (Å²) >= 11 is 0. The highest BCUT2D eigenvalue weighted by Crippen LogP contribution is 2.13. The van der Waals surface area contributed by atoms with E-state index in [0.29, 0.717) is 6.61 Å². The minimum absolute atomic E-state index is 0.126. The Balaban J connectivity index is 4.29. The van der Waals surface area contributed by atoms with E-state index in [2.05, 4.69) is 11.8 Å². The van der Waals surface area contributed by atoms with Crippen molar-refractivity contribution < 1.29 is 14.3 Å². The molecule has 4 heteroatoms. The van der Waals surface area contributed by atoms with Gasteiger partial charge in [0, 0.05) is 19.2 Å². The van der Waals surface area contributed by atoms with Gasteiger partial charge in [-0.25, -0.2) is 0 Å². The molecule has 0 saturated carbocycles. The topological polar surface area (TPSA) is 38.8 Å². The highest BCUT2D eigenvalue weighted by atomic mass is 16.5. The third-order valence-corrected chi connectivity index (χ3v) is 3.04. The zero-order chi connectivity index (χ0) is 12.0.